The lowest BCUT2D eigenvalue weighted by molar-refractivity contribution is -0.142. The zero-order valence-electron chi connectivity index (χ0n) is 15.1. The largest absolute Gasteiger partial charge is 0.480 e. The molecule has 1 unspecified atom stereocenters. The van der Waals surface area contributed by atoms with Gasteiger partial charge in [0.2, 0.25) is 0 Å². The molecule has 26 heavy (non-hydrogen) atoms. The molecule has 1 aliphatic rings. The van der Waals surface area contributed by atoms with E-state index in [2.05, 4.69) is 5.32 Å². The highest BCUT2D eigenvalue weighted by Gasteiger charge is 2.26. The van der Waals surface area contributed by atoms with Gasteiger partial charge >= 0.3 is 12.1 Å². The summed E-state index contributed by atoms with van der Waals surface area (Å²) >= 11 is 0. The van der Waals surface area contributed by atoms with Crippen molar-refractivity contribution < 1.29 is 28.9 Å². The first-order chi connectivity index (χ1) is 12.6. The summed E-state index contributed by atoms with van der Waals surface area (Å²) in [6, 6.07) is 8.05. The van der Waals surface area contributed by atoms with E-state index in [-0.39, 0.29) is 25.4 Å². The van der Waals surface area contributed by atoms with E-state index in [0.717, 1.165) is 31.2 Å². The molecular formula is C19H27NO6. The number of carbonyl (C=O) groups is 2. The van der Waals surface area contributed by atoms with Crippen molar-refractivity contribution in [2.45, 2.75) is 57.5 Å². The summed E-state index contributed by atoms with van der Waals surface area (Å²) < 4.78 is 16.3. The molecule has 0 aromatic heterocycles. The normalized spacial score (nSPS) is 21.0. The predicted molar refractivity (Wildman–Crippen MR) is 94.8 cm³/mol. The zero-order valence-corrected chi connectivity index (χ0v) is 15.1. The highest BCUT2D eigenvalue weighted by molar-refractivity contribution is 5.80. The Hall–Kier alpha value is -2.12. The Balaban J connectivity index is 1.71. The van der Waals surface area contributed by atoms with E-state index in [4.69, 9.17) is 14.2 Å². The Labute approximate surface area is 153 Å². The van der Waals surface area contributed by atoms with E-state index in [1.807, 2.05) is 37.3 Å². The molecule has 7 nitrogen and oxygen atoms in total. The minimum absolute atomic E-state index is 0.00399. The Morgan fingerprint density at radius 1 is 1.12 bits per heavy atom. The zero-order chi connectivity index (χ0) is 18.8. The maximum absolute atomic E-state index is 11.8. The standard InChI is InChI=1S/C19H27NO6/c1-2-24-15-8-10-16(11-9-15)25-13-17(18(21)22)20-19(23)26-12-14-6-4-3-5-7-14/h3-7,15-17H,2,8-13H2,1H3,(H,20,23)(H,21,22). The fraction of sp³-hybridized carbons (Fsp3) is 0.579. The van der Waals surface area contributed by atoms with Crippen LogP contribution in [-0.4, -0.2) is 48.6 Å². The molecule has 1 amide bonds. The number of nitrogens with one attached hydrogen (secondary N) is 1. The maximum Gasteiger partial charge on any atom is 0.408 e. The summed E-state index contributed by atoms with van der Waals surface area (Å²) in [6.45, 7) is 2.68. The van der Waals surface area contributed by atoms with Crippen LogP contribution in [0.1, 0.15) is 38.2 Å². The van der Waals surface area contributed by atoms with Gasteiger partial charge in [0.1, 0.15) is 6.61 Å². The van der Waals surface area contributed by atoms with Crippen LogP contribution >= 0.6 is 0 Å². The summed E-state index contributed by atoms with van der Waals surface area (Å²) in [5.74, 6) is -1.15. The number of amides is 1. The molecule has 0 aliphatic heterocycles. The first-order valence-corrected chi connectivity index (χ1v) is 9.01. The molecule has 0 bridgehead atoms. The van der Waals surface area contributed by atoms with Crippen molar-refractivity contribution in [2.75, 3.05) is 13.2 Å². The number of benzene rings is 1. The topological polar surface area (TPSA) is 94.1 Å². The molecule has 1 aliphatic carbocycles. The lowest BCUT2D eigenvalue weighted by Gasteiger charge is -2.29. The van der Waals surface area contributed by atoms with Crippen LogP contribution in [0.5, 0.6) is 0 Å². The second kappa shape index (κ2) is 10.8. The highest BCUT2D eigenvalue weighted by Crippen LogP contribution is 2.23. The smallest absolute Gasteiger partial charge is 0.408 e. The van der Waals surface area contributed by atoms with Gasteiger partial charge in [-0.15, -0.1) is 0 Å². The van der Waals surface area contributed by atoms with Crippen molar-refractivity contribution in [1.82, 2.24) is 5.32 Å². The number of alkyl carbamates (subject to hydrolysis) is 1. The number of rotatable bonds is 9. The van der Waals surface area contributed by atoms with Crippen LogP contribution in [0.3, 0.4) is 0 Å². The molecule has 2 N–H and O–H groups in total. The number of aliphatic carboxylic acids is 1. The quantitative estimate of drug-likeness (QED) is 0.699. The molecule has 1 aromatic carbocycles. The van der Waals surface area contributed by atoms with Gasteiger partial charge in [-0.25, -0.2) is 9.59 Å². The van der Waals surface area contributed by atoms with Crippen LogP contribution in [0, 0.1) is 0 Å². The Bertz CT molecular complexity index is 556. The number of carboxylic acid groups (broad SMARTS) is 1. The third kappa shape index (κ3) is 7.01. The van der Waals surface area contributed by atoms with E-state index in [1.54, 1.807) is 0 Å². The van der Waals surface area contributed by atoms with Crippen LogP contribution in [0.25, 0.3) is 0 Å². The fourth-order valence-electron chi connectivity index (χ4n) is 2.92. The summed E-state index contributed by atoms with van der Waals surface area (Å²) in [7, 11) is 0. The molecular weight excluding hydrogens is 338 g/mol. The van der Waals surface area contributed by atoms with Gasteiger partial charge in [0.25, 0.3) is 0 Å². The van der Waals surface area contributed by atoms with Crippen molar-refractivity contribution in [3.05, 3.63) is 35.9 Å². The monoisotopic (exact) mass is 365 g/mol. The second-order valence-electron chi connectivity index (χ2n) is 6.28. The van der Waals surface area contributed by atoms with E-state index < -0.39 is 18.1 Å². The SMILES string of the molecule is CCOC1CCC(OCC(NC(=O)OCc2ccccc2)C(=O)O)CC1. The van der Waals surface area contributed by atoms with Crippen molar-refractivity contribution in [3.8, 4) is 0 Å². The van der Waals surface area contributed by atoms with Crippen LogP contribution in [-0.2, 0) is 25.6 Å². The third-order valence-corrected chi connectivity index (χ3v) is 4.33. The molecule has 2 rings (SSSR count). The Kier molecular flexibility index (Phi) is 8.37. The lowest BCUT2D eigenvalue weighted by Crippen LogP contribution is -2.45. The van der Waals surface area contributed by atoms with E-state index in [0.29, 0.717) is 6.61 Å². The van der Waals surface area contributed by atoms with E-state index in [9.17, 15) is 14.7 Å². The molecule has 1 aromatic rings. The van der Waals surface area contributed by atoms with Gasteiger partial charge in [0.05, 0.1) is 18.8 Å². The van der Waals surface area contributed by atoms with Crippen LogP contribution in [0.2, 0.25) is 0 Å². The van der Waals surface area contributed by atoms with E-state index >= 15 is 0 Å². The van der Waals surface area contributed by atoms with Gasteiger partial charge in [-0.2, -0.15) is 0 Å². The van der Waals surface area contributed by atoms with Crippen molar-refractivity contribution >= 4 is 12.1 Å². The average molecular weight is 365 g/mol. The molecule has 1 atom stereocenters. The van der Waals surface area contributed by atoms with Gasteiger partial charge in [-0.05, 0) is 38.2 Å². The van der Waals surface area contributed by atoms with Crippen molar-refractivity contribution in [2.24, 2.45) is 0 Å². The summed E-state index contributed by atoms with van der Waals surface area (Å²) in [5, 5.41) is 11.6. The first kappa shape index (κ1) is 20.2. The number of carbonyl (C=O) groups excluding carboxylic acids is 1. The van der Waals surface area contributed by atoms with Gasteiger partial charge in [0.15, 0.2) is 6.04 Å². The fourth-order valence-corrected chi connectivity index (χ4v) is 2.92. The van der Waals surface area contributed by atoms with Crippen molar-refractivity contribution in [3.63, 3.8) is 0 Å². The molecule has 0 heterocycles. The highest BCUT2D eigenvalue weighted by atomic mass is 16.5. The van der Waals surface area contributed by atoms with Crippen LogP contribution in [0.4, 0.5) is 4.79 Å². The maximum atomic E-state index is 11.8. The molecule has 144 valence electrons. The molecule has 0 radical (unpaired) electrons. The number of hydrogen-bond donors (Lipinski definition) is 2. The summed E-state index contributed by atoms with van der Waals surface area (Å²) in [5.41, 5.74) is 0.830. The minimum Gasteiger partial charge on any atom is -0.480 e. The van der Waals surface area contributed by atoms with Crippen LogP contribution in [0.15, 0.2) is 30.3 Å². The Morgan fingerprint density at radius 2 is 1.73 bits per heavy atom. The summed E-state index contributed by atoms with van der Waals surface area (Å²) in [6.07, 6.45) is 2.96. The molecule has 1 fully saturated rings. The predicted octanol–water partition coefficient (Wildman–Crippen LogP) is 2.73. The van der Waals surface area contributed by atoms with Gasteiger partial charge in [-0.1, -0.05) is 30.3 Å². The van der Waals surface area contributed by atoms with E-state index in [1.165, 1.54) is 0 Å². The van der Waals surface area contributed by atoms with Gasteiger partial charge in [-0.3, -0.25) is 0 Å². The molecule has 0 spiro atoms. The number of carboxylic acids is 1. The average Bonchev–Trinajstić information content (AvgIpc) is 2.65. The molecule has 0 saturated heterocycles. The van der Waals surface area contributed by atoms with Crippen LogP contribution < -0.4 is 5.32 Å². The minimum atomic E-state index is -1.15. The Morgan fingerprint density at radius 3 is 2.31 bits per heavy atom. The third-order valence-electron chi connectivity index (χ3n) is 4.33. The van der Waals surface area contributed by atoms with Gasteiger partial charge < -0.3 is 24.6 Å². The number of hydrogen-bond acceptors (Lipinski definition) is 5. The van der Waals surface area contributed by atoms with Crippen molar-refractivity contribution in [1.29, 1.82) is 0 Å². The summed E-state index contributed by atoms with van der Waals surface area (Å²) in [4.78, 5) is 23.2. The number of ether oxygens (including phenoxy) is 3. The lowest BCUT2D eigenvalue weighted by atomic mass is 9.95. The second-order valence-corrected chi connectivity index (χ2v) is 6.28. The van der Waals surface area contributed by atoms with Gasteiger partial charge in [0, 0.05) is 6.61 Å². The molecule has 7 heteroatoms. The first-order valence-electron chi connectivity index (χ1n) is 9.01. The molecule has 1 saturated carbocycles.